The van der Waals surface area contributed by atoms with Gasteiger partial charge in [0.1, 0.15) is 0 Å². The van der Waals surface area contributed by atoms with E-state index in [1.165, 1.54) is 5.56 Å². The van der Waals surface area contributed by atoms with Gasteiger partial charge in [-0.3, -0.25) is 14.3 Å². The molecule has 1 saturated heterocycles. The van der Waals surface area contributed by atoms with Gasteiger partial charge in [-0.1, -0.05) is 42.5 Å². The van der Waals surface area contributed by atoms with Gasteiger partial charge in [0.15, 0.2) is 0 Å². The summed E-state index contributed by atoms with van der Waals surface area (Å²) in [6.45, 7) is 4.26. The third-order valence-corrected chi connectivity index (χ3v) is 5.41. The molecular weight excluding hydrogens is 310 g/mol. The van der Waals surface area contributed by atoms with E-state index in [2.05, 4.69) is 47.1 Å². The van der Waals surface area contributed by atoms with Gasteiger partial charge in [-0.15, -0.1) is 0 Å². The van der Waals surface area contributed by atoms with Crippen molar-refractivity contribution in [2.45, 2.75) is 31.8 Å². The molecule has 1 atom stereocenters. The van der Waals surface area contributed by atoms with Crippen molar-refractivity contribution in [3.8, 4) is 0 Å². The van der Waals surface area contributed by atoms with Gasteiger partial charge >= 0.3 is 0 Å². The summed E-state index contributed by atoms with van der Waals surface area (Å²) in [4.78, 5) is 19.7. The number of rotatable bonds is 3. The Morgan fingerprint density at radius 3 is 2.44 bits per heavy atom. The Morgan fingerprint density at radius 1 is 1.00 bits per heavy atom. The zero-order valence-electron chi connectivity index (χ0n) is 14.5. The lowest BCUT2D eigenvalue weighted by atomic mass is 10.00. The summed E-state index contributed by atoms with van der Waals surface area (Å²) in [5.74, 6) is 0. The number of para-hydroxylation sites is 1. The molecule has 1 aliphatic rings. The Kier molecular flexibility index (Phi) is 4.36. The molecule has 1 aromatic heterocycles. The zero-order chi connectivity index (χ0) is 17.2. The van der Waals surface area contributed by atoms with E-state index in [-0.39, 0.29) is 11.6 Å². The topological polar surface area (TPSA) is 38.1 Å². The van der Waals surface area contributed by atoms with Crippen molar-refractivity contribution in [2.75, 3.05) is 13.1 Å². The summed E-state index contributed by atoms with van der Waals surface area (Å²) in [7, 11) is 0. The number of hydrogen-bond donors (Lipinski definition) is 0. The second kappa shape index (κ2) is 6.81. The average molecular weight is 333 g/mol. The maximum absolute atomic E-state index is 12.8. The van der Waals surface area contributed by atoms with Crippen LogP contribution in [0.3, 0.4) is 0 Å². The van der Waals surface area contributed by atoms with Gasteiger partial charge in [0.25, 0.3) is 5.56 Å². The minimum Gasteiger partial charge on any atom is -0.296 e. The van der Waals surface area contributed by atoms with Gasteiger partial charge < -0.3 is 0 Å². The second-order valence-corrected chi connectivity index (χ2v) is 6.83. The van der Waals surface area contributed by atoms with E-state index in [1.54, 1.807) is 6.33 Å². The molecule has 4 heteroatoms. The lowest BCUT2D eigenvalue weighted by Gasteiger charge is -2.36. The largest absolute Gasteiger partial charge is 0.296 e. The van der Waals surface area contributed by atoms with Crippen LogP contribution in [0, 0.1) is 0 Å². The van der Waals surface area contributed by atoms with Crippen LogP contribution in [-0.2, 0) is 0 Å². The minimum atomic E-state index is 0.0835. The Morgan fingerprint density at radius 2 is 1.68 bits per heavy atom. The normalized spacial score (nSPS) is 17.6. The fourth-order valence-electron chi connectivity index (χ4n) is 3.84. The molecule has 0 aliphatic carbocycles. The lowest BCUT2D eigenvalue weighted by molar-refractivity contribution is 0.142. The van der Waals surface area contributed by atoms with Gasteiger partial charge in [0.05, 0.1) is 17.2 Å². The molecule has 1 fully saturated rings. The van der Waals surface area contributed by atoms with E-state index in [1.807, 2.05) is 28.8 Å². The van der Waals surface area contributed by atoms with Crippen LogP contribution in [0.25, 0.3) is 10.9 Å². The molecule has 1 unspecified atom stereocenters. The first kappa shape index (κ1) is 16.0. The number of piperidine rings is 1. The molecule has 3 aromatic rings. The summed E-state index contributed by atoms with van der Waals surface area (Å²) in [5.41, 5.74) is 2.21. The Hall–Kier alpha value is -2.46. The molecule has 128 valence electrons. The monoisotopic (exact) mass is 333 g/mol. The van der Waals surface area contributed by atoms with Crippen LogP contribution < -0.4 is 5.56 Å². The lowest BCUT2D eigenvalue weighted by Crippen LogP contribution is -2.38. The molecule has 2 heterocycles. The highest BCUT2D eigenvalue weighted by atomic mass is 16.1. The van der Waals surface area contributed by atoms with Crippen molar-refractivity contribution in [2.24, 2.45) is 0 Å². The molecule has 0 spiro atoms. The van der Waals surface area contributed by atoms with Crippen LogP contribution in [0.5, 0.6) is 0 Å². The summed E-state index contributed by atoms with van der Waals surface area (Å²) < 4.78 is 1.84. The smallest absolute Gasteiger partial charge is 0.261 e. The van der Waals surface area contributed by atoms with Crippen molar-refractivity contribution >= 4 is 10.9 Å². The number of aromatic nitrogens is 2. The SMILES string of the molecule is CC(c1ccccc1)N1CCC(n2cnc3ccccc3c2=O)CC1. The Balaban J connectivity index is 1.51. The summed E-state index contributed by atoms with van der Waals surface area (Å²) in [5, 5.41) is 0.713. The Bertz CT molecular complexity index is 911. The van der Waals surface area contributed by atoms with Gasteiger partial charge in [0.2, 0.25) is 0 Å². The average Bonchev–Trinajstić information content (AvgIpc) is 2.69. The van der Waals surface area contributed by atoms with Crippen molar-refractivity contribution < 1.29 is 0 Å². The van der Waals surface area contributed by atoms with E-state index in [9.17, 15) is 4.79 Å². The first-order chi connectivity index (χ1) is 12.2. The van der Waals surface area contributed by atoms with Crippen LogP contribution in [-0.4, -0.2) is 27.5 Å². The summed E-state index contributed by atoms with van der Waals surface area (Å²) >= 11 is 0. The highest BCUT2D eigenvalue weighted by Crippen LogP contribution is 2.28. The first-order valence-electron chi connectivity index (χ1n) is 8.99. The van der Waals surface area contributed by atoms with Crippen LogP contribution in [0.15, 0.2) is 65.7 Å². The number of likely N-dealkylation sites (tertiary alicyclic amines) is 1. The maximum atomic E-state index is 12.8. The first-order valence-corrected chi connectivity index (χ1v) is 8.99. The third-order valence-electron chi connectivity index (χ3n) is 5.41. The number of hydrogen-bond acceptors (Lipinski definition) is 3. The molecule has 1 aliphatic heterocycles. The minimum absolute atomic E-state index is 0.0835. The van der Waals surface area contributed by atoms with Gasteiger partial charge in [0, 0.05) is 25.2 Å². The van der Waals surface area contributed by atoms with Crippen molar-refractivity contribution in [3.63, 3.8) is 0 Å². The summed E-state index contributed by atoms with van der Waals surface area (Å²) in [6.07, 6.45) is 3.69. The molecule has 0 amide bonds. The molecular formula is C21H23N3O. The molecule has 0 N–H and O–H groups in total. The van der Waals surface area contributed by atoms with Crippen LogP contribution in [0.1, 0.15) is 37.4 Å². The highest BCUT2D eigenvalue weighted by Gasteiger charge is 2.25. The van der Waals surface area contributed by atoms with Gasteiger partial charge in [-0.25, -0.2) is 4.98 Å². The van der Waals surface area contributed by atoms with Crippen LogP contribution in [0.4, 0.5) is 0 Å². The second-order valence-electron chi connectivity index (χ2n) is 6.83. The molecule has 0 radical (unpaired) electrons. The zero-order valence-corrected chi connectivity index (χ0v) is 14.5. The van der Waals surface area contributed by atoms with E-state index < -0.39 is 0 Å². The van der Waals surface area contributed by atoms with Gasteiger partial charge in [-0.2, -0.15) is 0 Å². The molecule has 2 aromatic carbocycles. The molecule has 25 heavy (non-hydrogen) atoms. The fourth-order valence-corrected chi connectivity index (χ4v) is 3.84. The van der Waals surface area contributed by atoms with E-state index in [0.717, 1.165) is 31.4 Å². The van der Waals surface area contributed by atoms with Crippen molar-refractivity contribution in [1.82, 2.24) is 14.5 Å². The molecule has 0 saturated carbocycles. The standard InChI is InChI=1S/C21H23N3O/c1-16(17-7-3-2-4-8-17)23-13-11-18(12-14-23)24-15-22-20-10-6-5-9-19(20)21(24)25/h2-10,15-16,18H,11-14H2,1H3. The van der Waals surface area contributed by atoms with E-state index in [0.29, 0.717) is 11.4 Å². The van der Waals surface area contributed by atoms with E-state index >= 15 is 0 Å². The van der Waals surface area contributed by atoms with E-state index in [4.69, 9.17) is 0 Å². The number of fused-ring (bicyclic) bond motifs is 1. The fraction of sp³-hybridized carbons (Fsp3) is 0.333. The summed E-state index contributed by atoms with van der Waals surface area (Å²) in [6, 6.07) is 18.9. The Labute approximate surface area is 147 Å². The number of benzene rings is 2. The van der Waals surface area contributed by atoms with Crippen molar-refractivity contribution in [3.05, 3.63) is 76.8 Å². The predicted molar refractivity (Wildman–Crippen MR) is 101 cm³/mol. The van der Waals surface area contributed by atoms with Gasteiger partial charge in [-0.05, 0) is 37.5 Å². The van der Waals surface area contributed by atoms with Crippen molar-refractivity contribution in [1.29, 1.82) is 0 Å². The van der Waals surface area contributed by atoms with Crippen LogP contribution in [0.2, 0.25) is 0 Å². The number of nitrogens with zero attached hydrogens (tertiary/aromatic N) is 3. The quantitative estimate of drug-likeness (QED) is 0.732. The molecule has 4 nitrogen and oxygen atoms in total. The van der Waals surface area contributed by atoms with Crippen LogP contribution >= 0.6 is 0 Å². The predicted octanol–water partition coefficient (Wildman–Crippen LogP) is 3.79. The maximum Gasteiger partial charge on any atom is 0.261 e. The third kappa shape index (κ3) is 3.10. The highest BCUT2D eigenvalue weighted by molar-refractivity contribution is 5.76. The molecule has 4 rings (SSSR count). The molecule has 0 bridgehead atoms.